The van der Waals surface area contributed by atoms with E-state index in [9.17, 15) is 14.7 Å². The van der Waals surface area contributed by atoms with Crippen molar-refractivity contribution in [3.8, 4) is 33.5 Å². The quantitative estimate of drug-likeness (QED) is 0.239. The Labute approximate surface area is 227 Å². The summed E-state index contributed by atoms with van der Waals surface area (Å²) in [5.74, 6) is -1.02. The van der Waals surface area contributed by atoms with E-state index in [1.165, 1.54) is 25.5 Å². The van der Waals surface area contributed by atoms with Crippen molar-refractivity contribution in [1.82, 2.24) is 14.8 Å². The third-order valence-electron chi connectivity index (χ3n) is 6.10. The van der Waals surface area contributed by atoms with Crippen LogP contribution in [0.5, 0.6) is 0 Å². The lowest BCUT2D eigenvalue weighted by Gasteiger charge is -2.13. The van der Waals surface area contributed by atoms with Crippen molar-refractivity contribution in [2.75, 3.05) is 5.73 Å². The maximum atomic E-state index is 12.8. The highest BCUT2D eigenvalue weighted by Gasteiger charge is 2.32. The van der Waals surface area contributed by atoms with Crippen molar-refractivity contribution < 1.29 is 19.1 Å². The number of furan rings is 1. The number of halogens is 2. The molecule has 0 saturated heterocycles. The number of rotatable bonds is 5. The van der Waals surface area contributed by atoms with Gasteiger partial charge in [0.15, 0.2) is 5.76 Å². The Morgan fingerprint density at radius 1 is 1.00 bits per heavy atom. The van der Waals surface area contributed by atoms with Crippen LogP contribution in [0.15, 0.2) is 65.3 Å². The minimum atomic E-state index is -1.68. The number of aliphatic hydroxyl groups is 1. The third kappa shape index (κ3) is 4.58. The molecule has 8 nitrogen and oxygen atoms in total. The molecule has 0 bridgehead atoms. The number of carbonyl (C=O) groups is 2. The molecule has 0 amide bonds. The Hall–Kier alpha value is -3.98. The van der Waals surface area contributed by atoms with E-state index < -0.39 is 11.4 Å². The monoisotopic (exact) mass is 548 g/mol. The summed E-state index contributed by atoms with van der Waals surface area (Å²) in [6.07, 6.45) is 3.22. The molecule has 0 aliphatic carbocycles. The van der Waals surface area contributed by atoms with Crippen molar-refractivity contribution in [3.63, 3.8) is 0 Å². The van der Waals surface area contributed by atoms with Crippen molar-refractivity contribution >= 4 is 51.7 Å². The lowest BCUT2D eigenvalue weighted by Crippen LogP contribution is -2.31. The topological polar surface area (TPSA) is 124 Å². The zero-order valence-corrected chi connectivity index (χ0v) is 22.1. The first-order valence-corrected chi connectivity index (χ1v) is 12.3. The lowest BCUT2D eigenvalue weighted by atomic mass is 9.96. The van der Waals surface area contributed by atoms with E-state index in [1.54, 1.807) is 36.7 Å². The van der Waals surface area contributed by atoms with Gasteiger partial charge in [0.1, 0.15) is 5.60 Å². The average molecular weight is 549 g/mol. The molecule has 192 valence electrons. The molecule has 0 atom stereocenters. The molecule has 0 aliphatic heterocycles. The van der Waals surface area contributed by atoms with Crippen molar-refractivity contribution in [1.29, 1.82) is 0 Å². The summed E-state index contributed by atoms with van der Waals surface area (Å²) in [5, 5.41) is 15.7. The highest BCUT2D eigenvalue weighted by atomic mass is 35.5. The second-order valence-electron chi connectivity index (χ2n) is 9.36. The van der Waals surface area contributed by atoms with Crippen LogP contribution in [-0.2, 0) is 0 Å². The van der Waals surface area contributed by atoms with Gasteiger partial charge in [0.2, 0.25) is 17.4 Å². The molecule has 3 N–H and O–H groups in total. The van der Waals surface area contributed by atoms with Crippen LogP contribution in [0.1, 0.15) is 36.1 Å². The minimum Gasteiger partial charge on any atom is -0.432 e. The molecule has 0 aliphatic rings. The van der Waals surface area contributed by atoms with Gasteiger partial charge in [-0.2, -0.15) is 5.10 Å². The van der Waals surface area contributed by atoms with Crippen molar-refractivity contribution in [3.05, 3.63) is 76.7 Å². The molecule has 0 radical (unpaired) electrons. The number of aromatic nitrogens is 3. The molecule has 2 aromatic carbocycles. The van der Waals surface area contributed by atoms with Gasteiger partial charge in [0.25, 0.3) is 0 Å². The number of nitrogens with two attached hydrogens (primary N) is 1. The molecular weight excluding hydrogens is 527 g/mol. The minimum absolute atomic E-state index is 0.0883. The molecule has 0 spiro atoms. The summed E-state index contributed by atoms with van der Waals surface area (Å²) < 4.78 is 7.01. The average Bonchev–Trinajstić information content (AvgIpc) is 3.48. The fourth-order valence-electron chi connectivity index (χ4n) is 4.07. The number of anilines is 1. The number of Topliss-reactive ketones (excluding diaryl/α,β-unsaturated/α-hetero) is 1. The van der Waals surface area contributed by atoms with E-state index in [2.05, 4.69) is 5.10 Å². The van der Waals surface area contributed by atoms with Gasteiger partial charge < -0.3 is 15.3 Å². The van der Waals surface area contributed by atoms with Crippen LogP contribution >= 0.6 is 23.2 Å². The highest BCUT2D eigenvalue weighted by molar-refractivity contribution is 6.34. The summed E-state index contributed by atoms with van der Waals surface area (Å²) in [6, 6.07) is 14.4. The van der Waals surface area contributed by atoms with Gasteiger partial charge in [-0.3, -0.25) is 9.59 Å². The number of nitrogen functional groups attached to an aromatic ring is 1. The van der Waals surface area contributed by atoms with E-state index in [0.717, 1.165) is 16.7 Å². The van der Waals surface area contributed by atoms with E-state index in [-0.39, 0.29) is 23.1 Å². The van der Waals surface area contributed by atoms with Gasteiger partial charge in [-0.05, 0) is 49.2 Å². The van der Waals surface area contributed by atoms with Crippen LogP contribution in [0.3, 0.4) is 0 Å². The molecule has 0 unspecified atom stereocenters. The molecule has 3 heterocycles. The Morgan fingerprint density at radius 2 is 1.68 bits per heavy atom. The van der Waals surface area contributed by atoms with Gasteiger partial charge in [0, 0.05) is 34.8 Å². The second kappa shape index (κ2) is 9.40. The second-order valence-corrected chi connectivity index (χ2v) is 10.2. The largest absolute Gasteiger partial charge is 0.432 e. The van der Waals surface area contributed by atoms with E-state index in [0.29, 0.717) is 32.3 Å². The highest BCUT2D eigenvalue weighted by Crippen LogP contribution is 2.41. The third-order valence-corrected chi connectivity index (χ3v) is 6.67. The Morgan fingerprint density at radius 3 is 2.29 bits per heavy atom. The fraction of sp³-hybridized carbons (Fsp3) is 0.143. The Bertz CT molecular complexity index is 1730. The Balaban J connectivity index is 1.70. The van der Waals surface area contributed by atoms with Gasteiger partial charge in [-0.15, -0.1) is 0 Å². The van der Waals surface area contributed by atoms with Gasteiger partial charge >= 0.3 is 0 Å². The number of hydrogen-bond acceptors (Lipinski definition) is 7. The first kappa shape index (κ1) is 25.7. The number of ketones is 1. The van der Waals surface area contributed by atoms with Gasteiger partial charge in [-0.1, -0.05) is 47.5 Å². The van der Waals surface area contributed by atoms with Crippen molar-refractivity contribution in [2.45, 2.75) is 26.4 Å². The summed E-state index contributed by atoms with van der Waals surface area (Å²) in [4.78, 5) is 29.1. The smallest absolute Gasteiger partial charge is 0.243 e. The predicted octanol–water partition coefficient (Wildman–Crippen LogP) is 6.53. The maximum Gasteiger partial charge on any atom is 0.243 e. The summed E-state index contributed by atoms with van der Waals surface area (Å²) >= 11 is 12.9. The normalized spacial score (nSPS) is 11.7. The number of hydrogen-bond donors (Lipinski definition) is 2. The molecule has 0 fully saturated rings. The summed E-state index contributed by atoms with van der Waals surface area (Å²) in [7, 11) is 0. The van der Waals surface area contributed by atoms with Gasteiger partial charge in [-0.25, -0.2) is 9.67 Å². The number of pyridine rings is 1. The number of fused-ring (bicyclic) bond motifs is 1. The molecule has 38 heavy (non-hydrogen) atoms. The first-order valence-electron chi connectivity index (χ1n) is 11.6. The van der Waals surface area contributed by atoms with E-state index in [4.69, 9.17) is 38.3 Å². The lowest BCUT2D eigenvalue weighted by molar-refractivity contribution is 0.0462. The van der Waals surface area contributed by atoms with Crippen LogP contribution < -0.4 is 5.73 Å². The standard InChI is InChI=1S/C28H22Cl2N4O4/c1-14(35)34-13-17(12-32-34)16-6-9-19(22(30)10-16)24-20(15-4-7-18(29)8-5-15)11-21-23(31)25(38-27(21)33-24)26(36)28(2,3)37/h4-13,37H,31H2,1-3H3. The summed E-state index contributed by atoms with van der Waals surface area (Å²) in [5.41, 5.74) is 8.88. The molecule has 0 saturated carbocycles. The predicted molar refractivity (Wildman–Crippen MR) is 147 cm³/mol. The molecule has 3 aromatic heterocycles. The fourth-order valence-corrected chi connectivity index (χ4v) is 4.47. The van der Waals surface area contributed by atoms with Crippen LogP contribution in [-0.4, -0.2) is 37.2 Å². The maximum absolute atomic E-state index is 12.8. The van der Waals surface area contributed by atoms with Crippen LogP contribution in [0.4, 0.5) is 5.69 Å². The zero-order chi connectivity index (χ0) is 27.4. The molecule has 5 aromatic rings. The zero-order valence-electron chi connectivity index (χ0n) is 20.6. The number of carbonyl (C=O) groups excluding carboxylic acids is 2. The molecule has 5 rings (SSSR count). The van der Waals surface area contributed by atoms with Crippen LogP contribution in [0.25, 0.3) is 44.6 Å². The SMILES string of the molecule is CC(=O)n1cc(-c2ccc(-c3nc4oc(C(=O)C(C)(C)O)c(N)c4cc3-c3ccc(Cl)cc3)c(Cl)c2)cn1. The van der Waals surface area contributed by atoms with E-state index in [1.807, 2.05) is 24.3 Å². The first-order chi connectivity index (χ1) is 17.9. The molecule has 10 heteroatoms. The van der Waals surface area contributed by atoms with Crippen LogP contribution in [0, 0.1) is 0 Å². The number of benzene rings is 2. The van der Waals surface area contributed by atoms with E-state index >= 15 is 0 Å². The number of nitrogens with zero attached hydrogens (tertiary/aromatic N) is 3. The van der Waals surface area contributed by atoms with Crippen LogP contribution in [0.2, 0.25) is 10.0 Å². The van der Waals surface area contributed by atoms with Gasteiger partial charge in [0.05, 0.1) is 28.0 Å². The Kier molecular flexibility index (Phi) is 6.35. The summed E-state index contributed by atoms with van der Waals surface area (Å²) in [6.45, 7) is 4.15. The van der Waals surface area contributed by atoms with Crippen molar-refractivity contribution in [2.24, 2.45) is 0 Å². The molecular formula is C28H22Cl2N4O4.